The number of nitro groups is 1. The first-order valence-corrected chi connectivity index (χ1v) is 10.6. The molecule has 1 aliphatic heterocycles. The van der Waals surface area contributed by atoms with Crippen molar-refractivity contribution in [3.05, 3.63) is 68.6 Å². The third kappa shape index (κ3) is 5.68. The van der Waals surface area contributed by atoms with E-state index in [-0.39, 0.29) is 31.0 Å². The first kappa shape index (κ1) is 22.4. The highest BCUT2D eigenvalue weighted by Crippen LogP contribution is 2.35. The van der Waals surface area contributed by atoms with Crippen LogP contribution in [0.1, 0.15) is 24.0 Å². The van der Waals surface area contributed by atoms with Crippen molar-refractivity contribution in [3.8, 4) is 0 Å². The number of nitro benzene ring substituents is 1. The van der Waals surface area contributed by atoms with Gasteiger partial charge in [0.2, 0.25) is 0 Å². The molecule has 0 aliphatic carbocycles. The number of thiocarbonyl (C=S) groups is 1. The lowest BCUT2D eigenvalue weighted by molar-refractivity contribution is -0.384. The lowest BCUT2D eigenvalue weighted by atomic mass is 10.1. The molecule has 0 saturated carbocycles. The fourth-order valence-corrected chi connectivity index (χ4v) is 4.21. The number of nitrogens with zero attached hydrogens (tertiary/aromatic N) is 2. The lowest BCUT2D eigenvalue weighted by Crippen LogP contribution is -2.29. The van der Waals surface area contributed by atoms with Crippen molar-refractivity contribution in [2.75, 3.05) is 11.9 Å². The molecule has 8 nitrogen and oxygen atoms in total. The standard InChI is InChI=1S/C21H19N3O5S2/c1-13-4-6-15(7-5-13)22-17-9-8-16(24(28)29)11-14(17)12-18-20(27)23(21(30)31-18)10-2-3-19(25)26/h4-9,11-12,22H,2-3,10H2,1H3,(H,25,26). The molecule has 3 rings (SSSR count). The Hall–Kier alpha value is -3.24. The van der Waals surface area contributed by atoms with Crippen molar-refractivity contribution in [3.63, 3.8) is 0 Å². The number of carbonyl (C=O) groups is 2. The van der Waals surface area contributed by atoms with Crippen LogP contribution in [0.25, 0.3) is 6.08 Å². The highest BCUT2D eigenvalue weighted by molar-refractivity contribution is 8.26. The molecule has 1 saturated heterocycles. The van der Waals surface area contributed by atoms with Crippen LogP contribution in [0.4, 0.5) is 17.1 Å². The number of non-ortho nitro benzene ring substituents is 1. The van der Waals surface area contributed by atoms with E-state index in [0.29, 0.717) is 20.5 Å². The number of hydrogen-bond acceptors (Lipinski definition) is 7. The van der Waals surface area contributed by atoms with Gasteiger partial charge >= 0.3 is 5.97 Å². The number of thioether (sulfide) groups is 1. The number of carbonyl (C=O) groups excluding carboxylic acids is 1. The van der Waals surface area contributed by atoms with Crippen LogP contribution in [0.2, 0.25) is 0 Å². The second kappa shape index (κ2) is 9.71. The number of benzene rings is 2. The Morgan fingerprint density at radius 2 is 2.00 bits per heavy atom. The van der Waals surface area contributed by atoms with Gasteiger partial charge in [-0.1, -0.05) is 41.7 Å². The van der Waals surface area contributed by atoms with Gasteiger partial charge in [-0.25, -0.2) is 0 Å². The average molecular weight is 458 g/mol. The number of hydrogen-bond donors (Lipinski definition) is 2. The summed E-state index contributed by atoms with van der Waals surface area (Å²) in [6, 6.07) is 12.0. The SMILES string of the molecule is Cc1ccc(Nc2ccc([N+](=O)[O-])cc2C=C2SC(=S)N(CCCC(=O)O)C2=O)cc1. The zero-order valence-electron chi connectivity index (χ0n) is 16.5. The maximum absolute atomic E-state index is 12.8. The summed E-state index contributed by atoms with van der Waals surface area (Å²) < 4.78 is 0.333. The van der Waals surface area contributed by atoms with Crippen molar-refractivity contribution in [2.24, 2.45) is 0 Å². The van der Waals surface area contributed by atoms with E-state index in [1.54, 1.807) is 12.1 Å². The predicted octanol–water partition coefficient (Wildman–Crippen LogP) is 4.71. The Morgan fingerprint density at radius 3 is 2.65 bits per heavy atom. The molecule has 2 aromatic carbocycles. The van der Waals surface area contributed by atoms with E-state index in [4.69, 9.17) is 17.3 Å². The number of amides is 1. The topological polar surface area (TPSA) is 113 Å². The zero-order valence-corrected chi connectivity index (χ0v) is 18.2. The maximum atomic E-state index is 12.8. The molecule has 0 atom stereocenters. The van der Waals surface area contributed by atoms with Crippen LogP contribution in [-0.2, 0) is 9.59 Å². The van der Waals surface area contributed by atoms with Gasteiger partial charge in [0.25, 0.3) is 11.6 Å². The fourth-order valence-electron chi connectivity index (χ4n) is 2.91. The van der Waals surface area contributed by atoms with Gasteiger partial charge in [-0.3, -0.25) is 24.6 Å². The van der Waals surface area contributed by atoms with Crippen LogP contribution in [0, 0.1) is 17.0 Å². The van der Waals surface area contributed by atoms with Crippen LogP contribution in [0.15, 0.2) is 47.4 Å². The maximum Gasteiger partial charge on any atom is 0.303 e. The number of anilines is 2. The molecule has 0 aromatic heterocycles. The minimum Gasteiger partial charge on any atom is -0.481 e. The molecule has 0 bridgehead atoms. The first-order chi connectivity index (χ1) is 14.7. The molecule has 0 spiro atoms. The van der Waals surface area contributed by atoms with E-state index in [1.165, 1.54) is 17.0 Å². The second-order valence-electron chi connectivity index (χ2n) is 6.85. The Labute approximate surface area is 188 Å². The van der Waals surface area contributed by atoms with E-state index < -0.39 is 10.9 Å². The van der Waals surface area contributed by atoms with Crippen LogP contribution < -0.4 is 5.32 Å². The Morgan fingerprint density at radius 1 is 1.29 bits per heavy atom. The summed E-state index contributed by atoms with van der Waals surface area (Å²) >= 11 is 6.35. The van der Waals surface area contributed by atoms with Crippen LogP contribution in [-0.4, -0.2) is 37.7 Å². The van der Waals surface area contributed by atoms with E-state index in [0.717, 1.165) is 23.0 Å². The summed E-state index contributed by atoms with van der Waals surface area (Å²) in [5.41, 5.74) is 2.88. The van der Waals surface area contributed by atoms with Crippen molar-refractivity contribution >= 4 is 63.3 Å². The predicted molar refractivity (Wildman–Crippen MR) is 124 cm³/mol. The van der Waals surface area contributed by atoms with Gasteiger partial charge in [0.05, 0.1) is 9.83 Å². The molecule has 1 aliphatic rings. The van der Waals surface area contributed by atoms with Gasteiger partial charge in [-0.15, -0.1) is 0 Å². The van der Waals surface area contributed by atoms with Crippen LogP contribution >= 0.6 is 24.0 Å². The normalized spacial score (nSPS) is 14.9. The minimum absolute atomic E-state index is 0.0639. The van der Waals surface area contributed by atoms with Gasteiger partial charge in [0, 0.05) is 42.0 Å². The zero-order chi connectivity index (χ0) is 22.5. The summed E-state index contributed by atoms with van der Waals surface area (Å²) in [5, 5.41) is 23.3. The number of carboxylic acid groups (broad SMARTS) is 1. The third-order valence-electron chi connectivity index (χ3n) is 4.51. The summed E-state index contributed by atoms with van der Waals surface area (Å²) in [4.78, 5) is 35.9. The molecule has 2 N–H and O–H groups in total. The van der Waals surface area contributed by atoms with Gasteiger partial charge in [-0.05, 0) is 37.6 Å². The molecular weight excluding hydrogens is 438 g/mol. The molecule has 31 heavy (non-hydrogen) atoms. The Kier molecular flexibility index (Phi) is 7.03. The molecule has 2 aromatic rings. The molecular formula is C21H19N3O5S2. The molecule has 1 fully saturated rings. The van der Waals surface area contributed by atoms with Gasteiger partial charge in [0.1, 0.15) is 4.32 Å². The van der Waals surface area contributed by atoms with Gasteiger partial charge in [0.15, 0.2) is 0 Å². The largest absolute Gasteiger partial charge is 0.481 e. The highest BCUT2D eigenvalue weighted by atomic mass is 32.2. The van der Waals surface area contributed by atoms with E-state index in [9.17, 15) is 19.7 Å². The summed E-state index contributed by atoms with van der Waals surface area (Å²) in [5.74, 6) is -1.28. The fraction of sp³-hybridized carbons (Fsp3) is 0.190. The van der Waals surface area contributed by atoms with Crippen molar-refractivity contribution in [1.82, 2.24) is 4.90 Å². The monoisotopic (exact) mass is 457 g/mol. The van der Waals surface area contributed by atoms with Crippen LogP contribution in [0.5, 0.6) is 0 Å². The molecule has 10 heteroatoms. The summed E-state index contributed by atoms with van der Waals surface area (Å²) in [7, 11) is 0. The number of aliphatic carboxylic acids is 1. The molecule has 1 amide bonds. The summed E-state index contributed by atoms with van der Waals surface area (Å²) in [6.07, 6.45) is 1.79. The molecule has 160 valence electrons. The lowest BCUT2D eigenvalue weighted by Gasteiger charge is -2.13. The van der Waals surface area contributed by atoms with Gasteiger partial charge < -0.3 is 10.4 Å². The van der Waals surface area contributed by atoms with Crippen LogP contribution in [0.3, 0.4) is 0 Å². The molecule has 1 heterocycles. The Balaban J connectivity index is 1.90. The molecule has 0 radical (unpaired) electrons. The quantitative estimate of drug-likeness (QED) is 0.254. The van der Waals surface area contributed by atoms with E-state index in [2.05, 4.69) is 5.32 Å². The Bertz CT molecular complexity index is 1080. The van der Waals surface area contributed by atoms with Crippen molar-refractivity contribution < 1.29 is 19.6 Å². The highest BCUT2D eigenvalue weighted by Gasteiger charge is 2.32. The smallest absolute Gasteiger partial charge is 0.303 e. The number of rotatable bonds is 8. The van der Waals surface area contributed by atoms with E-state index in [1.807, 2.05) is 31.2 Å². The van der Waals surface area contributed by atoms with Crippen molar-refractivity contribution in [2.45, 2.75) is 19.8 Å². The van der Waals surface area contributed by atoms with E-state index >= 15 is 0 Å². The number of aryl methyl sites for hydroxylation is 1. The first-order valence-electron chi connectivity index (χ1n) is 9.34. The third-order valence-corrected chi connectivity index (χ3v) is 5.89. The molecule has 0 unspecified atom stereocenters. The average Bonchev–Trinajstić information content (AvgIpc) is 2.98. The second-order valence-corrected chi connectivity index (χ2v) is 8.53. The summed E-state index contributed by atoms with van der Waals surface area (Å²) in [6.45, 7) is 2.18. The number of nitrogens with one attached hydrogen (secondary N) is 1. The van der Waals surface area contributed by atoms with Crippen molar-refractivity contribution in [1.29, 1.82) is 0 Å². The number of carboxylic acids is 1. The van der Waals surface area contributed by atoms with Gasteiger partial charge in [-0.2, -0.15) is 0 Å². The minimum atomic E-state index is -0.940.